The Labute approximate surface area is 243 Å². The van der Waals surface area contributed by atoms with E-state index in [1.807, 2.05) is 0 Å². The van der Waals surface area contributed by atoms with E-state index in [0.29, 0.717) is 57.6 Å². The van der Waals surface area contributed by atoms with Crippen LogP contribution >= 0.6 is 0 Å². The Morgan fingerprint density at radius 1 is 0.738 bits per heavy atom. The highest BCUT2D eigenvalue weighted by Gasteiger charge is 2.17. The fourth-order valence-electron chi connectivity index (χ4n) is 3.75. The van der Waals surface area contributed by atoms with Crippen LogP contribution in [0, 0.1) is 0 Å². The van der Waals surface area contributed by atoms with Gasteiger partial charge in [0.1, 0.15) is 5.75 Å². The number of rotatable bonds is 14. The number of methoxy groups -OCH3 is 5. The third-order valence-corrected chi connectivity index (χ3v) is 5.91. The third kappa shape index (κ3) is 8.37. The molecule has 0 bridgehead atoms. The molecule has 0 saturated carbocycles. The summed E-state index contributed by atoms with van der Waals surface area (Å²) in [5, 5.41) is 6.71. The number of benzene rings is 3. The first-order valence-electron chi connectivity index (χ1n) is 12.8. The van der Waals surface area contributed by atoms with E-state index in [1.165, 1.54) is 47.8 Å². The molecule has 0 aromatic heterocycles. The summed E-state index contributed by atoms with van der Waals surface area (Å²) in [4.78, 5) is 37.1. The maximum Gasteiger partial charge on any atom is 0.343 e. The molecule has 0 heterocycles. The van der Waals surface area contributed by atoms with Crippen molar-refractivity contribution in [3.8, 4) is 34.5 Å². The lowest BCUT2D eigenvalue weighted by Gasteiger charge is -2.14. The third-order valence-electron chi connectivity index (χ3n) is 5.91. The Kier molecular flexibility index (Phi) is 11.5. The van der Waals surface area contributed by atoms with Crippen LogP contribution in [0.4, 0.5) is 0 Å². The summed E-state index contributed by atoms with van der Waals surface area (Å²) in [5.41, 5.74) is 3.77. The normalized spacial score (nSPS) is 10.5. The van der Waals surface area contributed by atoms with Crippen LogP contribution in [-0.4, -0.2) is 66.1 Å². The Hall–Kier alpha value is -5.26. The number of esters is 1. The Bertz CT molecular complexity index is 1400. The fraction of sp³-hybridized carbons (Fsp3) is 0.267. The molecule has 0 saturated heterocycles. The number of nitrogens with one attached hydrogen (secondary N) is 2. The molecule has 12 heteroatoms. The first kappa shape index (κ1) is 31.3. The molecule has 0 spiro atoms. The van der Waals surface area contributed by atoms with Crippen LogP contribution in [0.5, 0.6) is 34.5 Å². The predicted octanol–water partition coefficient (Wildman–Crippen LogP) is 3.61. The van der Waals surface area contributed by atoms with Crippen molar-refractivity contribution in [2.24, 2.45) is 5.10 Å². The SMILES string of the molecule is COc1ccc(C(=O)Oc2ccc(/C=N/NC(=O)CCCNC(=O)c3cc(OC)c(OC)c(OC)c3)cc2)cc1OC. The van der Waals surface area contributed by atoms with E-state index >= 15 is 0 Å². The highest BCUT2D eigenvalue weighted by atomic mass is 16.5. The van der Waals surface area contributed by atoms with Gasteiger partial charge in [-0.05, 0) is 66.6 Å². The Balaban J connectivity index is 1.42. The number of nitrogens with zero attached hydrogens (tertiary/aromatic N) is 1. The van der Waals surface area contributed by atoms with E-state index in [-0.39, 0.29) is 24.8 Å². The van der Waals surface area contributed by atoms with Crippen LogP contribution in [0.2, 0.25) is 0 Å². The van der Waals surface area contributed by atoms with Crippen molar-refractivity contribution < 1.29 is 42.8 Å². The van der Waals surface area contributed by atoms with Gasteiger partial charge in [-0.3, -0.25) is 9.59 Å². The molecule has 0 fully saturated rings. The van der Waals surface area contributed by atoms with Crippen molar-refractivity contribution in [3.05, 3.63) is 71.3 Å². The summed E-state index contributed by atoms with van der Waals surface area (Å²) in [6, 6.07) is 14.4. The molecule has 3 aromatic rings. The van der Waals surface area contributed by atoms with Crippen LogP contribution < -0.4 is 39.2 Å². The van der Waals surface area contributed by atoms with Crippen molar-refractivity contribution in [1.82, 2.24) is 10.7 Å². The van der Waals surface area contributed by atoms with Gasteiger partial charge in [-0.1, -0.05) is 0 Å². The topological polar surface area (TPSA) is 143 Å². The molecular weight excluding hydrogens is 546 g/mol. The number of carbonyl (C=O) groups excluding carboxylic acids is 3. The van der Waals surface area contributed by atoms with E-state index in [0.717, 1.165) is 0 Å². The molecule has 0 radical (unpaired) electrons. The summed E-state index contributed by atoms with van der Waals surface area (Å²) >= 11 is 0. The molecule has 0 aliphatic heterocycles. The molecule has 0 aliphatic rings. The first-order chi connectivity index (χ1) is 20.3. The largest absolute Gasteiger partial charge is 0.493 e. The zero-order chi connectivity index (χ0) is 30.5. The van der Waals surface area contributed by atoms with Crippen molar-refractivity contribution >= 4 is 24.0 Å². The van der Waals surface area contributed by atoms with Gasteiger partial charge in [0.25, 0.3) is 5.91 Å². The highest BCUT2D eigenvalue weighted by molar-refractivity contribution is 5.95. The second-order valence-corrected chi connectivity index (χ2v) is 8.59. The summed E-state index contributed by atoms with van der Waals surface area (Å²) in [5.74, 6) is 1.17. The quantitative estimate of drug-likeness (QED) is 0.0963. The van der Waals surface area contributed by atoms with E-state index in [9.17, 15) is 14.4 Å². The minimum atomic E-state index is -0.552. The minimum absolute atomic E-state index is 0.151. The first-order valence-corrected chi connectivity index (χ1v) is 12.8. The maximum absolute atomic E-state index is 12.5. The molecule has 12 nitrogen and oxygen atoms in total. The molecule has 3 aromatic carbocycles. The van der Waals surface area contributed by atoms with Crippen molar-refractivity contribution in [2.45, 2.75) is 12.8 Å². The maximum atomic E-state index is 12.5. The van der Waals surface area contributed by atoms with Crippen molar-refractivity contribution in [3.63, 3.8) is 0 Å². The number of amides is 2. The molecule has 3 rings (SSSR count). The summed E-state index contributed by atoms with van der Waals surface area (Å²) in [7, 11) is 7.41. The van der Waals surface area contributed by atoms with Crippen molar-refractivity contribution in [2.75, 3.05) is 42.1 Å². The minimum Gasteiger partial charge on any atom is -0.493 e. The zero-order valence-electron chi connectivity index (χ0n) is 24.0. The van der Waals surface area contributed by atoms with Gasteiger partial charge in [-0.2, -0.15) is 5.10 Å². The average Bonchev–Trinajstić information content (AvgIpc) is 3.02. The molecule has 222 valence electrons. The van der Waals surface area contributed by atoms with Crippen LogP contribution in [0.15, 0.2) is 59.7 Å². The Morgan fingerprint density at radius 2 is 1.36 bits per heavy atom. The molecule has 0 unspecified atom stereocenters. The number of hydrazone groups is 1. The van der Waals surface area contributed by atoms with Gasteiger partial charge < -0.3 is 33.7 Å². The summed E-state index contributed by atoms with van der Waals surface area (Å²) in [6.45, 7) is 0.274. The van der Waals surface area contributed by atoms with E-state index in [1.54, 1.807) is 48.5 Å². The van der Waals surface area contributed by atoms with E-state index < -0.39 is 5.97 Å². The number of ether oxygens (including phenoxy) is 6. The van der Waals surface area contributed by atoms with Gasteiger partial charge in [0.15, 0.2) is 23.0 Å². The van der Waals surface area contributed by atoms with Crippen LogP contribution in [0.3, 0.4) is 0 Å². The molecule has 0 aliphatic carbocycles. The van der Waals surface area contributed by atoms with Gasteiger partial charge in [0.05, 0.1) is 47.3 Å². The van der Waals surface area contributed by atoms with Crippen molar-refractivity contribution in [1.29, 1.82) is 0 Å². The second kappa shape index (κ2) is 15.5. The smallest absolute Gasteiger partial charge is 0.343 e. The predicted molar refractivity (Wildman–Crippen MR) is 154 cm³/mol. The zero-order valence-corrected chi connectivity index (χ0v) is 24.0. The molecule has 0 atom stereocenters. The number of hydrogen-bond acceptors (Lipinski definition) is 10. The van der Waals surface area contributed by atoms with E-state index in [4.69, 9.17) is 28.4 Å². The standard InChI is InChI=1S/C30H33N3O9/c1-37-23-13-10-20(15-24(23)38-2)30(36)42-22-11-8-19(9-12-22)18-32-33-27(34)7-6-14-31-29(35)21-16-25(39-3)28(41-5)26(17-21)40-4/h8-13,15-18H,6-7,14H2,1-5H3,(H,31,35)(H,33,34)/b32-18+. The highest BCUT2D eigenvalue weighted by Crippen LogP contribution is 2.38. The second-order valence-electron chi connectivity index (χ2n) is 8.59. The lowest BCUT2D eigenvalue weighted by molar-refractivity contribution is -0.121. The average molecular weight is 580 g/mol. The monoisotopic (exact) mass is 579 g/mol. The van der Waals surface area contributed by atoms with Gasteiger partial charge in [0.2, 0.25) is 11.7 Å². The lowest BCUT2D eigenvalue weighted by atomic mass is 10.1. The summed E-state index contributed by atoms with van der Waals surface area (Å²) < 4.78 is 31.6. The van der Waals surface area contributed by atoms with Crippen LogP contribution in [0.1, 0.15) is 39.1 Å². The van der Waals surface area contributed by atoms with Gasteiger partial charge in [-0.25, -0.2) is 10.2 Å². The van der Waals surface area contributed by atoms with Gasteiger partial charge >= 0.3 is 5.97 Å². The Morgan fingerprint density at radius 3 is 1.95 bits per heavy atom. The van der Waals surface area contributed by atoms with Crippen LogP contribution in [-0.2, 0) is 4.79 Å². The number of hydrogen-bond donors (Lipinski definition) is 2. The van der Waals surface area contributed by atoms with Gasteiger partial charge in [-0.15, -0.1) is 0 Å². The fourth-order valence-corrected chi connectivity index (χ4v) is 3.75. The molecular formula is C30H33N3O9. The molecule has 42 heavy (non-hydrogen) atoms. The van der Waals surface area contributed by atoms with E-state index in [2.05, 4.69) is 15.8 Å². The van der Waals surface area contributed by atoms with Gasteiger partial charge in [0, 0.05) is 18.5 Å². The number of carbonyl (C=O) groups is 3. The van der Waals surface area contributed by atoms with Crippen LogP contribution in [0.25, 0.3) is 0 Å². The summed E-state index contributed by atoms with van der Waals surface area (Å²) in [6.07, 6.45) is 2.01. The lowest BCUT2D eigenvalue weighted by Crippen LogP contribution is -2.26. The molecule has 2 amide bonds. The molecule has 2 N–H and O–H groups in total.